The number of amides is 1. The highest BCUT2D eigenvalue weighted by Crippen LogP contribution is 2.36. The van der Waals surface area contributed by atoms with Crippen molar-refractivity contribution in [2.45, 2.75) is 0 Å². The summed E-state index contributed by atoms with van der Waals surface area (Å²) in [5, 5.41) is -0.0572. The molecule has 0 saturated carbocycles. The summed E-state index contributed by atoms with van der Waals surface area (Å²) in [5.74, 6) is -0.133. The SMILES string of the molecule is O=C1C(=CC=Cc2ccco2)SC(=S)N1c1ccc(F)c(Cl)c1. The van der Waals surface area contributed by atoms with Gasteiger partial charge in [-0.05, 0) is 42.5 Å². The van der Waals surface area contributed by atoms with Crippen LogP contribution in [0.5, 0.6) is 0 Å². The zero-order chi connectivity index (χ0) is 16.4. The van der Waals surface area contributed by atoms with Gasteiger partial charge in [-0.2, -0.15) is 0 Å². The van der Waals surface area contributed by atoms with Crippen LogP contribution in [0.4, 0.5) is 10.1 Å². The third-order valence-electron chi connectivity index (χ3n) is 3.01. The van der Waals surface area contributed by atoms with Gasteiger partial charge >= 0.3 is 0 Å². The number of thiocarbonyl (C=S) groups is 1. The van der Waals surface area contributed by atoms with E-state index in [1.54, 1.807) is 36.6 Å². The van der Waals surface area contributed by atoms with Crippen molar-refractivity contribution in [2.24, 2.45) is 0 Å². The molecule has 0 aliphatic carbocycles. The minimum Gasteiger partial charge on any atom is -0.465 e. The third-order valence-corrected chi connectivity index (χ3v) is 4.62. The van der Waals surface area contributed by atoms with Gasteiger partial charge in [0.05, 0.1) is 21.9 Å². The fourth-order valence-corrected chi connectivity index (χ4v) is 3.37. The molecule has 2 heterocycles. The topological polar surface area (TPSA) is 33.5 Å². The van der Waals surface area contributed by atoms with E-state index in [2.05, 4.69) is 0 Å². The van der Waals surface area contributed by atoms with Crippen LogP contribution >= 0.6 is 35.6 Å². The smallest absolute Gasteiger partial charge is 0.270 e. The lowest BCUT2D eigenvalue weighted by Crippen LogP contribution is -2.27. The van der Waals surface area contributed by atoms with Crippen molar-refractivity contribution in [3.63, 3.8) is 0 Å². The highest BCUT2D eigenvalue weighted by atomic mass is 35.5. The van der Waals surface area contributed by atoms with E-state index < -0.39 is 5.82 Å². The Morgan fingerprint density at radius 2 is 2.17 bits per heavy atom. The molecule has 1 aliphatic rings. The van der Waals surface area contributed by atoms with Crippen LogP contribution in [0.25, 0.3) is 6.08 Å². The summed E-state index contributed by atoms with van der Waals surface area (Å²) in [5.41, 5.74) is 0.442. The number of anilines is 1. The molecule has 7 heteroatoms. The highest BCUT2D eigenvalue weighted by Gasteiger charge is 2.33. The number of rotatable bonds is 3. The molecule has 1 aromatic carbocycles. The Kier molecular flexibility index (Phi) is 4.66. The number of benzene rings is 1. The Morgan fingerprint density at radius 1 is 1.35 bits per heavy atom. The molecule has 116 valence electrons. The van der Waals surface area contributed by atoms with Crippen molar-refractivity contribution < 1.29 is 13.6 Å². The summed E-state index contributed by atoms with van der Waals surface area (Å²) in [6, 6.07) is 7.63. The van der Waals surface area contributed by atoms with Crippen molar-refractivity contribution in [1.82, 2.24) is 0 Å². The summed E-state index contributed by atoms with van der Waals surface area (Å²) in [6.07, 6.45) is 6.68. The summed E-state index contributed by atoms with van der Waals surface area (Å²) in [4.78, 5) is 14.3. The van der Waals surface area contributed by atoms with Gasteiger partial charge in [-0.15, -0.1) is 0 Å². The van der Waals surface area contributed by atoms with Crippen LogP contribution in [0.1, 0.15) is 5.76 Å². The molecule has 1 saturated heterocycles. The molecular weight excluding hydrogens is 357 g/mol. The van der Waals surface area contributed by atoms with Crippen LogP contribution in [0.15, 0.2) is 58.1 Å². The lowest BCUT2D eigenvalue weighted by molar-refractivity contribution is -0.113. The minimum absolute atomic E-state index is 0.0572. The van der Waals surface area contributed by atoms with Gasteiger partial charge in [-0.3, -0.25) is 9.69 Å². The summed E-state index contributed by atoms with van der Waals surface area (Å²) < 4.78 is 18.8. The van der Waals surface area contributed by atoms with Gasteiger partial charge in [0.15, 0.2) is 4.32 Å². The number of halogens is 2. The molecule has 0 atom stereocenters. The quantitative estimate of drug-likeness (QED) is 0.564. The number of thioether (sulfide) groups is 1. The number of allylic oxidation sites excluding steroid dienone is 2. The van der Waals surface area contributed by atoms with Gasteiger partial charge in [0, 0.05) is 0 Å². The van der Waals surface area contributed by atoms with E-state index in [1.165, 1.54) is 34.9 Å². The van der Waals surface area contributed by atoms with Crippen molar-refractivity contribution in [1.29, 1.82) is 0 Å². The molecule has 23 heavy (non-hydrogen) atoms. The van der Waals surface area contributed by atoms with Crippen LogP contribution in [0.3, 0.4) is 0 Å². The Bertz CT molecular complexity index is 831. The minimum atomic E-state index is -0.544. The molecule has 1 aromatic heterocycles. The average Bonchev–Trinajstić information content (AvgIpc) is 3.12. The molecule has 1 amide bonds. The van der Waals surface area contributed by atoms with Gasteiger partial charge in [-0.1, -0.05) is 41.7 Å². The first-order valence-electron chi connectivity index (χ1n) is 6.49. The van der Waals surface area contributed by atoms with Crippen LogP contribution in [-0.2, 0) is 4.79 Å². The molecule has 0 spiro atoms. The predicted octanol–water partition coefficient (Wildman–Crippen LogP) is 5.03. The largest absolute Gasteiger partial charge is 0.465 e. The standard InChI is InChI=1S/C16H9ClFNO2S2/c17-12-9-10(6-7-13(12)18)19-15(20)14(23-16(19)22)5-1-3-11-4-2-8-21-11/h1-9H. The molecule has 0 radical (unpaired) electrons. The average molecular weight is 366 g/mol. The first-order valence-corrected chi connectivity index (χ1v) is 8.10. The molecular formula is C16H9ClFNO2S2. The Hall–Kier alpha value is -1.89. The Morgan fingerprint density at radius 3 is 2.87 bits per heavy atom. The monoisotopic (exact) mass is 365 g/mol. The van der Waals surface area contributed by atoms with E-state index in [-0.39, 0.29) is 10.9 Å². The highest BCUT2D eigenvalue weighted by molar-refractivity contribution is 8.27. The molecule has 2 aromatic rings. The maximum absolute atomic E-state index is 13.3. The van der Waals surface area contributed by atoms with Gasteiger partial charge in [0.2, 0.25) is 0 Å². The normalized spacial score (nSPS) is 17.0. The zero-order valence-electron chi connectivity index (χ0n) is 11.5. The maximum atomic E-state index is 13.3. The summed E-state index contributed by atoms with van der Waals surface area (Å²) >= 11 is 12.2. The van der Waals surface area contributed by atoms with E-state index >= 15 is 0 Å². The number of carbonyl (C=O) groups is 1. The molecule has 0 unspecified atom stereocenters. The van der Waals surface area contributed by atoms with Gasteiger partial charge in [-0.25, -0.2) is 4.39 Å². The molecule has 1 fully saturated rings. The lowest BCUT2D eigenvalue weighted by Gasteiger charge is -2.14. The fourth-order valence-electron chi connectivity index (χ4n) is 1.95. The van der Waals surface area contributed by atoms with Gasteiger partial charge in [0.1, 0.15) is 11.6 Å². The number of nitrogens with zero attached hydrogens (tertiary/aromatic N) is 1. The second kappa shape index (κ2) is 6.70. The van der Waals surface area contributed by atoms with Gasteiger partial charge in [0.25, 0.3) is 5.91 Å². The van der Waals surface area contributed by atoms with Crippen LogP contribution in [-0.4, -0.2) is 10.2 Å². The van der Waals surface area contributed by atoms with Crippen molar-refractivity contribution in [3.05, 3.63) is 70.3 Å². The van der Waals surface area contributed by atoms with Gasteiger partial charge < -0.3 is 4.42 Å². The molecule has 3 nitrogen and oxygen atoms in total. The van der Waals surface area contributed by atoms with Crippen LogP contribution < -0.4 is 4.90 Å². The molecule has 1 aliphatic heterocycles. The molecule has 0 bridgehead atoms. The van der Waals surface area contributed by atoms with Crippen molar-refractivity contribution in [3.8, 4) is 0 Å². The molecule has 0 N–H and O–H groups in total. The van der Waals surface area contributed by atoms with Crippen LogP contribution in [0, 0.1) is 5.82 Å². The fraction of sp³-hybridized carbons (Fsp3) is 0. The molecule has 3 rings (SSSR count). The lowest BCUT2D eigenvalue weighted by atomic mass is 10.2. The number of hydrogen-bond donors (Lipinski definition) is 0. The van der Waals surface area contributed by atoms with E-state index in [0.29, 0.717) is 20.7 Å². The second-order valence-electron chi connectivity index (χ2n) is 4.51. The van der Waals surface area contributed by atoms with E-state index in [9.17, 15) is 9.18 Å². The predicted molar refractivity (Wildman–Crippen MR) is 94.9 cm³/mol. The summed E-state index contributed by atoms with van der Waals surface area (Å²) in [6.45, 7) is 0. The van der Waals surface area contributed by atoms with E-state index in [0.717, 1.165) is 0 Å². The van der Waals surface area contributed by atoms with E-state index in [1.807, 2.05) is 0 Å². The first-order chi connectivity index (χ1) is 11.1. The summed E-state index contributed by atoms with van der Waals surface area (Å²) in [7, 11) is 0. The number of carbonyl (C=O) groups excluding carboxylic acids is 1. The Labute approximate surface area is 146 Å². The number of furan rings is 1. The second-order valence-corrected chi connectivity index (χ2v) is 6.60. The van der Waals surface area contributed by atoms with Crippen molar-refractivity contribution >= 4 is 57.6 Å². The van der Waals surface area contributed by atoms with Crippen LogP contribution in [0.2, 0.25) is 5.02 Å². The zero-order valence-corrected chi connectivity index (χ0v) is 13.9. The number of hydrogen-bond acceptors (Lipinski definition) is 4. The van der Waals surface area contributed by atoms with E-state index in [4.69, 9.17) is 28.2 Å². The third kappa shape index (κ3) is 3.39. The maximum Gasteiger partial charge on any atom is 0.270 e. The Balaban J connectivity index is 1.83. The van der Waals surface area contributed by atoms with Crippen molar-refractivity contribution in [2.75, 3.05) is 4.90 Å². The first kappa shape index (κ1) is 16.0.